The number of anilines is 1. The zero-order valence-corrected chi connectivity index (χ0v) is 12.2. The third-order valence-electron chi connectivity index (χ3n) is 2.16. The van der Waals surface area contributed by atoms with Crippen molar-refractivity contribution < 1.29 is 0 Å². The Kier molecular flexibility index (Phi) is 4.20. The molecule has 2 rings (SSSR count). The number of halogens is 2. The molecule has 0 saturated heterocycles. The lowest BCUT2D eigenvalue weighted by Gasteiger charge is -2.04. The Balaban J connectivity index is 2.12. The van der Waals surface area contributed by atoms with E-state index in [1.54, 1.807) is 17.8 Å². The number of thioether (sulfide) groups is 1. The van der Waals surface area contributed by atoms with E-state index in [4.69, 9.17) is 28.9 Å². The van der Waals surface area contributed by atoms with Crippen molar-refractivity contribution in [2.45, 2.75) is 16.9 Å². The van der Waals surface area contributed by atoms with Gasteiger partial charge in [0, 0.05) is 5.75 Å². The highest BCUT2D eigenvalue weighted by atomic mass is 35.5. The Hall–Kier alpha value is -0.420. The van der Waals surface area contributed by atoms with Gasteiger partial charge in [-0.15, -0.1) is 11.8 Å². The molecule has 0 spiro atoms. The highest BCUT2D eigenvalue weighted by molar-refractivity contribution is 8.00. The number of hydrogen-bond acceptors (Lipinski definition) is 4. The van der Waals surface area contributed by atoms with Crippen molar-refractivity contribution in [3.8, 4) is 0 Å². The number of nitrogen functional groups attached to an aromatic ring is 1. The summed E-state index contributed by atoms with van der Waals surface area (Å²) in [5.41, 5.74) is 7.64. The van der Waals surface area contributed by atoms with Crippen molar-refractivity contribution in [2.24, 2.45) is 0 Å². The summed E-state index contributed by atoms with van der Waals surface area (Å²) in [5, 5.41) is 1.81. The molecule has 0 fully saturated rings. The van der Waals surface area contributed by atoms with Crippen molar-refractivity contribution in [3.63, 3.8) is 0 Å². The number of aromatic nitrogens is 1. The van der Waals surface area contributed by atoms with Crippen molar-refractivity contribution >= 4 is 51.4 Å². The summed E-state index contributed by atoms with van der Waals surface area (Å²) in [6, 6.07) is 5.66. The third kappa shape index (κ3) is 3.07. The van der Waals surface area contributed by atoms with Crippen LogP contribution >= 0.6 is 46.3 Å². The first-order valence-corrected chi connectivity index (χ1v) is 7.42. The predicted molar refractivity (Wildman–Crippen MR) is 77.3 cm³/mol. The van der Waals surface area contributed by atoms with Crippen molar-refractivity contribution in [1.82, 2.24) is 4.98 Å². The van der Waals surface area contributed by atoms with Gasteiger partial charge in [-0.25, -0.2) is 4.98 Å². The largest absolute Gasteiger partial charge is 0.375 e. The molecule has 2 N–H and O–H groups in total. The van der Waals surface area contributed by atoms with E-state index in [0.29, 0.717) is 15.2 Å². The SMILES string of the molecule is Cc1nc(N)sc1SCc1cccc(Cl)c1Cl. The van der Waals surface area contributed by atoms with Crippen LogP contribution in [0.15, 0.2) is 22.4 Å². The Morgan fingerprint density at radius 2 is 2.18 bits per heavy atom. The minimum Gasteiger partial charge on any atom is -0.375 e. The summed E-state index contributed by atoms with van der Waals surface area (Å²) in [6.45, 7) is 1.95. The van der Waals surface area contributed by atoms with Gasteiger partial charge >= 0.3 is 0 Å². The van der Waals surface area contributed by atoms with Gasteiger partial charge in [-0.1, -0.05) is 46.7 Å². The Morgan fingerprint density at radius 1 is 1.41 bits per heavy atom. The smallest absolute Gasteiger partial charge is 0.181 e. The Morgan fingerprint density at radius 3 is 2.82 bits per heavy atom. The van der Waals surface area contributed by atoms with Crippen LogP contribution in [0.25, 0.3) is 0 Å². The fourth-order valence-electron chi connectivity index (χ4n) is 1.34. The van der Waals surface area contributed by atoms with Gasteiger partial charge in [0.2, 0.25) is 0 Å². The minimum atomic E-state index is 0.588. The summed E-state index contributed by atoms with van der Waals surface area (Å²) in [4.78, 5) is 4.18. The van der Waals surface area contributed by atoms with Gasteiger partial charge < -0.3 is 5.73 Å². The molecule has 1 aromatic carbocycles. The van der Waals surface area contributed by atoms with Crippen LogP contribution in [0, 0.1) is 6.92 Å². The van der Waals surface area contributed by atoms with Crippen LogP contribution in [0.3, 0.4) is 0 Å². The van der Waals surface area contributed by atoms with Gasteiger partial charge in [0.25, 0.3) is 0 Å². The number of nitrogens with zero attached hydrogens (tertiary/aromatic N) is 1. The first kappa shape index (κ1) is 13.0. The summed E-state index contributed by atoms with van der Waals surface area (Å²) < 4.78 is 1.12. The number of aryl methyl sites for hydroxylation is 1. The monoisotopic (exact) mass is 304 g/mol. The number of nitrogens with two attached hydrogens (primary N) is 1. The van der Waals surface area contributed by atoms with Crippen LogP contribution in [0.2, 0.25) is 10.0 Å². The fourth-order valence-corrected chi connectivity index (χ4v) is 3.82. The van der Waals surface area contributed by atoms with Crippen molar-refractivity contribution in [1.29, 1.82) is 0 Å². The number of benzene rings is 1. The molecule has 17 heavy (non-hydrogen) atoms. The normalized spacial score (nSPS) is 10.8. The van der Waals surface area contributed by atoms with Gasteiger partial charge in [-0.2, -0.15) is 0 Å². The van der Waals surface area contributed by atoms with Crippen LogP contribution in [0.1, 0.15) is 11.3 Å². The topological polar surface area (TPSA) is 38.9 Å². The molecule has 90 valence electrons. The molecule has 0 saturated carbocycles. The predicted octanol–water partition coefficient (Wildman–Crippen LogP) is 4.63. The maximum Gasteiger partial charge on any atom is 0.181 e. The lowest BCUT2D eigenvalue weighted by atomic mass is 10.2. The maximum absolute atomic E-state index is 6.12. The first-order chi connectivity index (χ1) is 8.08. The van der Waals surface area contributed by atoms with Crippen molar-refractivity contribution in [2.75, 3.05) is 5.73 Å². The van der Waals surface area contributed by atoms with Gasteiger partial charge in [0.15, 0.2) is 5.13 Å². The molecule has 0 aliphatic heterocycles. The second-order valence-corrected chi connectivity index (χ2v) is 6.49. The van der Waals surface area contributed by atoms with E-state index in [-0.39, 0.29) is 0 Å². The molecule has 0 unspecified atom stereocenters. The Labute approximate surface area is 118 Å². The average molecular weight is 305 g/mol. The van der Waals surface area contributed by atoms with E-state index < -0.39 is 0 Å². The van der Waals surface area contributed by atoms with Crippen LogP contribution < -0.4 is 5.73 Å². The molecule has 1 heterocycles. The third-order valence-corrected chi connectivity index (χ3v) is 5.42. The van der Waals surface area contributed by atoms with Crippen LogP contribution in [-0.4, -0.2) is 4.98 Å². The molecule has 0 atom stereocenters. The van der Waals surface area contributed by atoms with E-state index in [0.717, 1.165) is 21.2 Å². The summed E-state index contributed by atoms with van der Waals surface area (Å²) in [5.74, 6) is 0.766. The maximum atomic E-state index is 6.12. The fraction of sp³-hybridized carbons (Fsp3) is 0.182. The molecular formula is C11H10Cl2N2S2. The van der Waals surface area contributed by atoms with E-state index in [9.17, 15) is 0 Å². The standard InChI is InChI=1S/C11H10Cl2N2S2/c1-6-10(17-11(14)15-6)16-5-7-3-2-4-8(12)9(7)13/h2-4H,5H2,1H3,(H2,14,15). The molecule has 0 amide bonds. The number of rotatable bonds is 3. The van der Waals surface area contributed by atoms with E-state index in [2.05, 4.69) is 4.98 Å². The van der Waals surface area contributed by atoms with E-state index in [1.165, 1.54) is 11.3 Å². The zero-order valence-electron chi connectivity index (χ0n) is 9.04. The van der Waals surface area contributed by atoms with E-state index >= 15 is 0 Å². The summed E-state index contributed by atoms with van der Waals surface area (Å²) in [6.07, 6.45) is 0. The molecule has 1 aromatic heterocycles. The van der Waals surface area contributed by atoms with Crippen molar-refractivity contribution in [3.05, 3.63) is 39.5 Å². The van der Waals surface area contributed by atoms with Gasteiger partial charge in [0.05, 0.1) is 19.9 Å². The van der Waals surface area contributed by atoms with Gasteiger partial charge in [-0.3, -0.25) is 0 Å². The average Bonchev–Trinajstić information content (AvgIpc) is 2.60. The van der Waals surface area contributed by atoms with Crippen LogP contribution in [0.5, 0.6) is 0 Å². The van der Waals surface area contributed by atoms with Crippen LogP contribution in [-0.2, 0) is 5.75 Å². The summed E-state index contributed by atoms with van der Waals surface area (Å²) >= 11 is 15.3. The molecule has 0 radical (unpaired) electrons. The van der Waals surface area contributed by atoms with Gasteiger partial charge in [-0.05, 0) is 18.6 Å². The van der Waals surface area contributed by atoms with E-state index in [1.807, 2.05) is 19.1 Å². The lowest BCUT2D eigenvalue weighted by Crippen LogP contribution is -1.83. The first-order valence-electron chi connectivity index (χ1n) is 4.86. The number of thiazole rings is 1. The second-order valence-electron chi connectivity index (χ2n) is 3.43. The molecule has 6 heteroatoms. The summed E-state index contributed by atoms with van der Waals surface area (Å²) in [7, 11) is 0. The zero-order chi connectivity index (χ0) is 12.4. The number of hydrogen-bond donors (Lipinski definition) is 1. The second kappa shape index (κ2) is 5.48. The van der Waals surface area contributed by atoms with Gasteiger partial charge in [0.1, 0.15) is 0 Å². The molecule has 0 aliphatic rings. The van der Waals surface area contributed by atoms with Crippen LogP contribution in [0.4, 0.5) is 5.13 Å². The highest BCUT2D eigenvalue weighted by Gasteiger charge is 2.09. The molecule has 0 aliphatic carbocycles. The highest BCUT2D eigenvalue weighted by Crippen LogP contribution is 2.35. The molecule has 2 nitrogen and oxygen atoms in total. The lowest BCUT2D eigenvalue weighted by molar-refractivity contribution is 1.21. The molecule has 2 aromatic rings. The minimum absolute atomic E-state index is 0.588. The molecule has 0 bridgehead atoms. The molecular weight excluding hydrogens is 295 g/mol. The Bertz CT molecular complexity index is 540. The quantitative estimate of drug-likeness (QED) is 0.840.